The molecule has 1 aliphatic heterocycles. The number of carbonyl (C=O) groups excluding carboxylic acids is 1. The fourth-order valence-corrected chi connectivity index (χ4v) is 3.94. The van der Waals surface area contributed by atoms with E-state index in [1.807, 2.05) is 6.92 Å². The van der Waals surface area contributed by atoms with Gasteiger partial charge in [0, 0.05) is 12.5 Å². The van der Waals surface area contributed by atoms with Crippen LogP contribution in [0.4, 0.5) is 0 Å². The van der Waals surface area contributed by atoms with Gasteiger partial charge in [0.05, 0.1) is 24.8 Å². The topological polar surface area (TPSA) is 78.3 Å². The van der Waals surface area contributed by atoms with E-state index in [1.165, 1.54) is 13.3 Å². The van der Waals surface area contributed by atoms with Crippen LogP contribution in [0.1, 0.15) is 23.8 Å². The normalized spacial score (nSPS) is 22.0. The fraction of sp³-hybridized carbons (Fsp3) is 0.636. The molecule has 100 valence electrons. The number of aromatic nitrogens is 2. The largest absolute Gasteiger partial charge is 0.493 e. The third-order valence-electron chi connectivity index (χ3n) is 3.16. The van der Waals surface area contributed by atoms with E-state index in [9.17, 15) is 13.2 Å². The molecule has 1 atom stereocenters. The van der Waals surface area contributed by atoms with E-state index >= 15 is 0 Å². The fourth-order valence-electron chi connectivity index (χ4n) is 2.20. The zero-order valence-corrected chi connectivity index (χ0v) is 11.2. The zero-order valence-electron chi connectivity index (χ0n) is 10.4. The number of rotatable bonds is 4. The molecular weight excluding hydrogens is 256 g/mol. The lowest BCUT2D eigenvalue weighted by Gasteiger charge is -2.10. The molecule has 1 aromatic rings. The van der Waals surface area contributed by atoms with Gasteiger partial charge in [-0.2, -0.15) is 5.10 Å². The molecule has 0 saturated carbocycles. The number of ether oxygens (including phenoxy) is 1. The summed E-state index contributed by atoms with van der Waals surface area (Å²) in [5.41, 5.74) is 0.377. The Balaban J connectivity index is 2.31. The van der Waals surface area contributed by atoms with Crippen molar-refractivity contribution in [1.29, 1.82) is 0 Å². The van der Waals surface area contributed by atoms with Gasteiger partial charge in [-0.1, -0.05) is 0 Å². The van der Waals surface area contributed by atoms with Crippen LogP contribution in [0.3, 0.4) is 0 Å². The Bertz CT molecular complexity index is 540. The van der Waals surface area contributed by atoms with Gasteiger partial charge in [-0.25, -0.2) is 8.42 Å². The monoisotopic (exact) mass is 272 g/mol. The molecule has 6 nitrogen and oxygen atoms in total. The molecule has 0 radical (unpaired) electrons. The number of methoxy groups -OCH3 is 1. The van der Waals surface area contributed by atoms with Crippen LogP contribution in [0.15, 0.2) is 6.20 Å². The van der Waals surface area contributed by atoms with Crippen molar-refractivity contribution >= 4 is 15.6 Å². The van der Waals surface area contributed by atoms with Crippen LogP contribution in [-0.2, 0) is 16.4 Å². The summed E-state index contributed by atoms with van der Waals surface area (Å²) >= 11 is 0. The van der Waals surface area contributed by atoms with Crippen molar-refractivity contribution in [3.63, 3.8) is 0 Å². The second-order valence-electron chi connectivity index (χ2n) is 4.34. The van der Waals surface area contributed by atoms with Crippen molar-refractivity contribution in [1.82, 2.24) is 9.78 Å². The molecule has 0 amide bonds. The summed E-state index contributed by atoms with van der Waals surface area (Å²) in [4.78, 5) is 12.4. The molecule has 0 spiro atoms. The van der Waals surface area contributed by atoms with E-state index in [4.69, 9.17) is 4.74 Å². The maximum atomic E-state index is 12.4. The van der Waals surface area contributed by atoms with E-state index in [1.54, 1.807) is 4.68 Å². The quantitative estimate of drug-likeness (QED) is 0.747. The number of ketones is 1. The Morgan fingerprint density at radius 1 is 1.61 bits per heavy atom. The highest BCUT2D eigenvalue weighted by atomic mass is 32.2. The Hall–Kier alpha value is -1.37. The highest BCUT2D eigenvalue weighted by Crippen LogP contribution is 2.27. The highest BCUT2D eigenvalue weighted by molar-refractivity contribution is 7.91. The van der Waals surface area contributed by atoms with Crippen LogP contribution < -0.4 is 4.74 Å². The smallest absolute Gasteiger partial charge is 0.188 e. The van der Waals surface area contributed by atoms with Gasteiger partial charge in [0.2, 0.25) is 0 Å². The van der Waals surface area contributed by atoms with E-state index in [-0.39, 0.29) is 17.3 Å². The average Bonchev–Trinajstić information content (AvgIpc) is 2.90. The van der Waals surface area contributed by atoms with Crippen molar-refractivity contribution in [2.45, 2.75) is 19.9 Å². The van der Waals surface area contributed by atoms with Crippen molar-refractivity contribution < 1.29 is 17.9 Å². The maximum absolute atomic E-state index is 12.4. The summed E-state index contributed by atoms with van der Waals surface area (Å²) in [7, 11) is -1.59. The molecule has 0 aliphatic carbocycles. The number of carbonyl (C=O) groups is 1. The second-order valence-corrected chi connectivity index (χ2v) is 6.57. The number of hydrogen-bond acceptors (Lipinski definition) is 5. The van der Waals surface area contributed by atoms with E-state index in [0.717, 1.165) is 0 Å². The van der Waals surface area contributed by atoms with Gasteiger partial charge in [-0.3, -0.25) is 9.48 Å². The van der Waals surface area contributed by atoms with E-state index in [0.29, 0.717) is 24.4 Å². The van der Waals surface area contributed by atoms with Gasteiger partial charge < -0.3 is 4.74 Å². The van der Waals surface area contributed by atoms with Crippen molar-refractivity contribution in [3.05, 3.63) is 11.9 Å². The first-order valence-electron chi connectivity index (χ1n) is 5.83. The summed E-state index contributed by atoms with van der Waals surface area (Å²) in [6, 6.07) is 0. The first kappa shape index (κ1) is 13.1. The van der Waals surface area contributed by atoms with Crippen LogP contribution in [0.2, 0.25) is 0 Å². The van der Waals surface area contributed by atoms with E-state index < -0.39 is 15.8 Å². The van der Waals surface area contributed by atoms with Gasteiger partial charge in [-0.15, -0.1) is 0 Å². The molecule has 0 bridgehead atoms. The van der Waals surface area contributed by atoms with Crippen LogP contribution in [-0.4, -0.2) is 42.6 Å². The van der Waals surface area contributed by atoms with Crippen molar-refractivity contribution in [2.24, 2.45) is 5.92 Å². The lowest BCUT2D eigenvalue weighted by Crippen LogP contribution is -2.20. The number of hydrogen-bond donors (Lipinski definition) is 0. The van der Waals surface area contributed by atoms with Gasteiger partial charge in [-0.05, 0) is 13.3 Å². The van der Waals surface area contributed by atoms with Crippen LogP contribution in [0.5, 0.6) is 5.75 Å². The number of Topliss-reactive ketones (excluding diaryl/α,β-unsaturated/α-hetero) is 1. The highest BCUT2D eigenvalue weighted by Gasteiger charge is 2.36. The molecule has 0 N–H and O–H groups in total. The molecule has 2 rings (SSSR count). The standard InChI is InChI=1S/C11H16N2O4S/c1-3-13-10(9(17-2)6-12-13)11(14)8-4-5-18(15,16)7-8/h6,8H,3-5,7H2,1-2H3. The molecule has 2 heterocycles. The predicted molar refractivity (Wildman–Crippen MR) is 65.5 cm³/mol. The molecule has 18 heavy (non-hydrogen) atoms. The minimum absolute atomic E-state index is 0.0656. The third kappa shape index (κ3) is 2.27. The minimum atomic E-state index is -3.06. The zero-order chi connectivity index (χ0) is 13.3. The summed E-state index contributed by atoms with van der Waals surface area (Å²) in [6.07, 6.45) is 1.87. The molecular formula is C11H16N2O4S. The third-order valence-corrected chi connectivity index (χ3v) is 4.93. The molecule has 1 unspecified atom stereocenters. The van der Waals surface area contributed by atoms with Crippen molar-refractivity contribution in [2.75, 3.05) is 18.6 Å². The van der Waals surface area contributed by atoms with Crippen LogP contribution in [0.25, 0.3) is 0 Å². The van der Waals surface area contributed by atoms with Gasteiger partial charge >= 0.3 is 0 Å². The average molecular weight is 272 g/mol. The molecule has 1 saturated heterocycles. The second kappa shape index (κ2) is 4.72. The van der Waals surface area contributed by atoms with E-state index in [2.05, 4.69) is 5.10 Å². The molecule has 0 aromatic carbocycles. The van der Waals surface area contributed by atoms with Crippen LogP contribution >= 0.6 is 0 Å². The summed E-state index contributed by atoms with van der Waals surface area (Å²) < 4.78 is 29.5. The summed E-state index contributed by atoms with van der Waals surface area (Å²) in [5.74, 6) is -0.222. The van der Waals surface area contributed by atoms with Gasteiger partial charge in [0.1, 0.15) is 5.69 Å². The number of aryl methyl sites for hydroxylation is 1. The Kier molecular flexibility index (Phi) is 3.43. The minimum Gasteiger partial charge on any atom is -0.493 e. The Labute approximate surface area is 106 Å². The lowest BCUT2D eigenvalue weighted by atomic mass is 10.0. The Morgan fingerprint density at radius 2 is 2.33 bits per heavy atom. The lowest BCUT2D eigenvalue weighted by molar-refractivity contribution is 0.0919. The molecule has 1 aromatic heterocycles. The molecule has 7 heteroatoms. The first-order chi connectivity index (χ1) is 8.48. The first-order valence-corrected chi connectivity index (χ1v) is 7.65. The van der Waals surface area contributed by atoms with Gasteiger partial charge in [0.25, 0.3) is 0 Å². The van der Waals surface area contributed by atoms with Crippen molar-refractivity contribution in [3.8, 4) is 5.75 Å². The maximum Gasteiger partial charge on any atom is 0.188 e. The summed E-state index contributed by atoms with van der Waals surface area (Å²) in [5, 5.41) is 4.06. The number of sulfone groups is 1. The Morgan fingerprint density at radius 3 is 2.83 bits per heavy atom. The van der Waals surface area contributed by atoms with Crippen LogP contribution in [0, 0.1) is 5.92 Å². The summed E-state index contributed by atoms with van der Waals surface area (Å²) in [6.45, 7) is 2.42. The number of nitrogens with zero attached hydrogens (tertiary/aromatic N) is 2. The molecule has 1 fully saturated rings. The molecule has 1 aliphatic rings. The predicted octanol–water partition coefficient (Wildman–Crippen LogP) is 0.529. The SMILES string of the molecule is CCn1ncc(OC)c1C(=O)C1CCS(=O)(=O)C1. The van der Waals surface area contributed by atoms with Gasteiger partial charge in [0.15, 0.2) is 21.4 Å².